The number of hydrogen-bond acceptors (Lipinski definition) is 3. The van der Waals surface area contributed by atoms with Crippen LogP contribution < -0.4 is 0 Å². The number of esters is 1. The second-order valence-electron chi connectivity index (χ2n) is 4.08. The smallest absolute Gasteiger partial charge is 0.341 e. The average molecular weight is 259 g/mol. The van der Waals surface area contributed by atoms with Gasteiger partial charge in [-0.15, -0.1) is 0 Å². The summed E-state index contributed by atoms with van der Waals surface area (Å²) in [7, 11) is 0. The van der Waals surface area contributed by atoms with Gasteiger partial charge in [-0.2, -0.15) is 0 Å². The van der Waals surface area contributed by atoms with Crippen LogP contribution in [0.15, 0.2) is 48.8 Å². The van der Waals surface area contributed by atoms with E-state index in [2.05, 4.69) is 4.98 Å². The number of rotatable bonds is 5. The van der Waals surface area contributed by atoms with Crippen molar-refractivity contribution in [3.63, 3.8) is 0 Å². The quantitative estimate of drug-likeness (QED) is 0.612. The average Bonchev–Trinajstić information content (AvgIpc) is 2.45. The van der Waals surface area contributed by atoms with Crippen LogP contribution in [-0.2, 0) is 11.2 Å². The van der Waals surface area contributed by atoms with Gasteiger partial charge in [-0.25, -0.2) is 9.18 Å². The Morgan fingerprint density at radius 2 is 2.00 bits per heavy atom. The molecular formula is C15H14FNO2. The van der Waals surface area contributed by atoms with Crippen molar-refractivity contribution in [2.75, 3.05) is 6.61 Å². The maximum Gasteiger partial charge on any atom is 0.341 e. The third kappa shape index (κ3) is 3.88. The molecule has 4 heteroatoms. The minimum Gasteiger partial charge on any atom is -0.462 e. The molecule has 0 aliphatic rings. The zero-order valence-electron chi connectivity index (χ0n) is 10.4. The number of halogens is 1. The van der Waals surface area contributed by atoms with Gasteiger partial charge in [-0.3, -0.25) is 4.98 Å². The Kier molecular flexibility index (Phi) is 4.61. The summed E-state index contributed by atoms with van der Waals surface area (Å²) < 4.78 is 18.3. The minimum absolute atomic E-state index is 0.0743. The standard InChI is InChI=1S/C15H14FNO2/c16-14-11-17-9-8-13(14)15(18)19-10-4-7-12-5-2-1-3-6-12/h1-3,5-6,8-9,11H,4,7,10H2. The van der Waals surface area contributed by atoms with E-state index in [4.69, 9.17) is 4.74 Å². The molecule has 0 N–H and O–H groups in total. The van der Waals surface area contributed by atoms with Crippen LogP contribution >= 0.6 is 0 Å². The molecule has 1 aromatic carbocycles. The third-order valence-electron chi connectivity index (χ3n) is 2.68. The van der Waals surface area contributed by atoms with Crippen molar-refractivity contribution in [2.24, 2.45) is 0 Å². The fourth-order valence-corrected chi connectivity index (χ4v) is 1.70. The van der Waals surface area contributed by atoms with Gasteiger partial charge >= 0.3 is 5.97 Å². The summed E-state index contributed by atoms with van der Waals surface area (Å²) in [5, 5.41) is 0. The van der Waals surface area contributed by atoms with E-state index >= 15 is 0 Å². The van der Waals surface area contributed by atoms with Gasteiger partial charge in [0.05, 0.1) is 18.4 Å². The number of carbonyl (C=O) groups excluding carboxylic acids is 1. The number of ether oxygens (including phenoxy) is 1. The molecule has 0 unspecified atom stereocenters. The van der Waals surface area contributed by atoms with E-state index in [1.165, 1.54) is 17.8 Å². The van der Waals surface area contributed by atoms with Crippen LogP contribution in [0.1, 0.15) is 22.3 Å². The van der Waals surface area contributed by atoms with E-state index < -0.39 is 11.8 Å². The summed E-state index contributed by atoms with van der Waals surface area (Å²) in [5.74, 6) is -1.30. The molecule has 98 valence electrons. The second kappa shape index (κ2) is 6.64. The molecule has 0 amide bonds. The Bertz CT molecular complexity index is 543. The van der Waals surface area contributed by atoms with Gasteiger partial charge in [0.15, 0.2) is 5.82 Å². The van der Waals surface area contributed by atoms with E-state index in [-0.39, 0.29) is 12.2 Å². The number of pyridine rings is 1. The Labute approximate surface area is 111 Å². The predicted molar refractivity (Wildman–Crippen MR) is 69.2 cm³/mol. The lowest BCUT2D eigenvalue weighted by Gasteiger charge is -2.05. The van der Waals surface area contributed by atoms with E-state index in [1.54, 1.807) is 0 Å². The third-order valence-corrected chi connectivity index (χ3v) is 2.68. The summed E-state index contributed by atoms with van der Waals surface area (Å²) in [5.41, 5.74) is 1.11. The van der Waals surface area contributed by atoms with Crippen LogP contribution in [0.5, 0.6) is 0 Å². The maximum absolute atomic E-state index is 13.3. The van der Waals surface area contributed by atoms with Crippen molar-refractivity contribution in [3.05, 3.63) is 65.7 Å². The van der Waals surface area contributed by atoms with Crippen LogP contribution in [0.4, 0.5) is 4.39 Å². The van der Waals surface area contributed by atoms with Crippen molar-refractivity contribution in [1.29, 1.82) is 0 Å². The molecule has 0 aliphatic carbocycles. The van der Waals surface area contributed by atoms with Gasteiger partial charge in [-0.05, 0) is 24.5 Å². The lowest BCUT2D eigenvalue weighted by atomic mass is 10.1. The first kappa shape index (κ1) is 13.2. The molecule has 19 heavy (non-hydrogen) atoms. The number of nitrogens with zero attached hydrogens (tertiary/aromatic N) is 1. The van der Waals surface area contributed by atoms with Crippen molar-refractivity contribution >= 4 is 5.97 Å². The summed E-state index contributed by atoms with van der Waals surface area (Å²) in [6.07, 6.45) is 3.90. The first-order valence-corrected chi connectivity index (χ1v) is 6.08. The van der Waals surface area contributed by atoms with Crippen molar-refractivity contribution < 1.29 is 13.9 Å². The van der Waals surface area contributed by atoms with Crippen molar-refractivity contribution in [1.82, 2.24) is 4.98 Å². The van der Waals surface area contributed by atoms with E-state index in [0.717, 1.165) is 12.6 Å². The highest BCUT2D eigenvalue weighted by molar-refractivity contribution is 5.89. The Balaban J connectivity index is 1.77. The summed E-state index contributed by atoms with van der Waals surface area (Å²) in [4.78, 5) is 15.2. The number of aromatic nitrogens is 1. The summed E-state index contributed by atoms with van der Waals surface area (Å²) in [6, 6.07) is 11.2. The highest BCUT2D eigenvalue weighted by Crippen LogP contribution is 2.07. The van der Waals surface area contributed by atoms with Crippen LogP contribution in [-0.4, -0.2) is 17.6 Å². The molecule has 0 bridgehead atoms. The van der Waals surface area contributed by atoms with Gasteiger partial charge < -0.3 is 4.74 Å². The first-order valence-electron chi connectivity index (χ1n) is 6.08. The number of hydrogen-bond donors (Lipinski definition) is 0. The summed E-state index contributed by atoms with van der Waals surface area (Å²) >= 11 is 0. The monoisotopic (exact) mass is 259 g/mol. The molecule has 0 aliphatic heterocycles. The van der Waals surface area contributed by atoms with Gasteiger partial charge in [-0.1, -0.05) is 30.3 Å². The molecule has 0 spiro atoms. The largest absolute Gasteiger partial charge is 0.462 e. The van der Waals surface area contributed by atoms with Crippen LogP contribution in [0, 0.1) is 5.82 Å². The number of aryl methyl sites for hydroxylation is 1. The molecule has 1 heterocycles. The fourth-order valence-electron chi connectivity index (χ4n) is 1.70. The topological polar surface area (TPSA) is 39.2 Å². The molecule has 1 aromatic heterocycles. The van der Waals surface area contributed by atoms with Crippen molar-refractivity contribution in [3.8, 4) is 0 Å². The lowest BCUT2D eigenvalue weighted by molar-refractivity contribution is 0.0495. The normalized spacial score (nSPS) is 10.2. The molecule has 0 saturated heterocycles. The van der Waals surface area contributed by atoms with E-state index in [1.807, 2.05) is 30.3 Å². The number of carbonyl (C=O) groups is 1. The molecule has 0 saturated carbocycles. The molecule has 0 radical (unpaired) electrons. The van der Waals surface area contributed by atoms with Crippen LogP contribution in [0.2, 0.25) is 0 Å². The molecule has 0 fully saturated rings. The molecular weight excluding hydrogens is 245 g/mol. The molecule has 3 nitrogen and oxygen atoms in total. The highest BCUT2D eigenvalue weighted by Gasteiger charge is 2.12. The Morgan fingerprint density at radius 1 is 1.21 bits per heavy atom. The zero-order chi connectivity index (χ0) is 13.5. The van der Waals surface area contributed by atoms with Gasteiger partial charge in [0.25, 0.3) is 0 Å². The molecule has 2 rings (SSSR count). The number of benzene rings is 1. The van der Waals surface area contributed by atoms with Crippen LogP contribution in [0.3, 0.4) is 0 Å². The lowest BCUT2D eigenvalue weighted by Crippen LogP contribution is -2.09. The van der Waals surface area contributed by atoms with Gasteiger partial charge in [0, 0.05) is 6.20 Å². The Morgan fingerprint density at radius 3 is 2.74 bits per heavy atom. The minimum atomic E-state index is -0.657. The van der Waals surface area contributed by atoms with Gasteiger partial charge in [0.1, 0.15) is 0 Å². The molecule has 0 atom stereocenters. The zero-order valence-corrected chi connectivity index (χ0v) is 10.4. The SMILES string of the molecule is O=C(OCCCc1ccccc1)c1ccncc1F. The fraction of sp³-hybridized carbons (Fsp3) is 0.200. The first-order chi connectivity index (χ1) is 9.27. The van der Waals surface area contributed by atoms with Crippen molar-refractivity contribution in [2.45, 2.75) is 12.8 Å². The maximum atomic E-state index is 13.3. The Hall–Kier alpha value is -2.23. The van der Waals surface area contributed by atoms with E-state index in [9.17, 15) is 9.18 Å². The summed E-state index contributed by atoms with van der Waals surface area (Å²) in [6.45, 7) is 0.273. The highest BCUT2D eigenvalue weighted by atomic mass is 19.1. The second-order valence-corrected chi connectivity index (χ2v) is 4.08. The van der Waals surface area contributed by atoms with Crippen LogP contribution in [0.25, 0.3) is 0 Å². The predicted octanol–water partition coefficient (Wildman–Crippen LogP) is 3.01. The molecule has 2 aromatic rings. The van der Waals surface area contributed by atoms with E-state index in [0.29, 0.717) is 6.42 Å². The van der Waals surface area contributed by atoms with Gasteiger partial charge in [0.2, 0.25) is 0 Å².